The van der Waals surface area contributed by atoms with Gasteiger partial charge in [-0.05, 0) is 55.8 Å². The maximum Gasteiger partial charge on any atom is 0.191 e. The van der Waals surface area contributed by atoms with Gasteiger partial charge in [0.2, 0.25) is 0 Å². The summed E-state index contributed by atoms with van der Waals surface area (Å²) in [5.41, 5.74) is 3.07. The van der Waals surface area contributed by atoms with E-state index in [9.17, 15) is 0 Å². The number of benzene rings is 1. The normalized spacial score (nSPS) is 24.2. The predicted octanol–water partition coefficient (Wildman–Crippen LogP) is 4.07. The largest absolute Gasteiger partial charge is 0.449 e. The van der Waals surface area contributed by atoms with Crippen molar-refractivity contribution in [2.24, 2.45) is 5.41 Å². The molecule has 4 rings (SSSR count). The third kappa shape index (κ3) is 3.86. The molecule has 1 aromatic heterocycles. The first-order valence-electron chi connectivity index (χ1n) is 10.1. The monoisotopic (exact) mass is 353 g/mol. The molecule has 4 nitrogen and oxygen atoms in total. The number of oxazole rings is 1. The molecule has 2 aliphatic heterocycles. The van der Waals surface area contributed by atoms with Gasteiger partial charge in [0.15, 0.2) is 5.89 Å². The molecule has 140 valence electrons. The zero-order valence-corrected chi connectivity index (χ0v) is 16.2. The molecular formula is C22H31N3O. The van der Waals surface area contributed by atoms with Gasteiger partial charge in [-0.3, -0.25) is 4.90 Å². The average molecular weight is 354 g/mol. The van der Waals surface area contributed by atoms with Crippen molar-refractivity contribution in [2.45, 2.75) is 45.6 Å². The average Bonchev–Trinajstić information content (AvgIpc) is 3.09. The zero-order chi connectivity index (χ0) is 18.0. The standard InChI is InChI=1S/C22H31N3O/c1-3-24-14-20(19-7-5-4-6-8-19)13-22(17-24)9-11-25(12-10-22)15-21-16-26-18(2)23-21/h4-8,16,20H,3,9-15,17H2,1-2H3/t20-/m1/s1. The lowest BCUT2D eigenvalue weighted by atomic mass is 9.68. The number of aromatic nitrogens is 1. The number of hydrogen-bond acceptors (Lipinski definition) is 4. The number of piperidine rings is 2. The molecule has 0 saturated carbocycles. The van der Waals surface area contributed by atoms with Crippen LogP contribution in [0.3, 0.4) is 0 Å². The first-order valence-corrected chi connectivity index (χ1v) is 10.1. The molecule has 0 bridgehead atoms. The molecule has 0 N–H and O–H groups in total. The molecule has 4 heteroatoms. The van der Waals surface area contributed by atoms with E-state index in [0.717, 1.165) is 24.7 Å². The van der Waals surface area contributed by atoms with Crippen LogP contribution in [0.4, 0.5) is 0 Å². The third-order valence-electron chi connectivity index (χ3n) is 6.40. The molecule has 2 fully saturated rings. The smallest absolute Gasteiger partial charge is 0.191 e. The summed E-state index contributed by atoms with van der Waals surface area (Å²) in [4.78, 5) is 9.69. The lowest BCUT2D eigenvalue weighted by Gasteiger charge is -2.50. The molecule has 0 unspecified atom stereocenters. The molecule has 2 aromatic rings. The van der Waals surface area contributed by atoms with E-state index >= 15 is 0 Å². The van der Waals surface area contributed by atoms with Crippen molar-refractivity contribution >= 4 is 0 Å². The van der Waals surface area contributed by atoms with Crippen LogP contribution in [-0.4, -0.2) is 47.5 Å². The van der Waals surface area contributed by atoms with E-state index in [4.69, 9.17) is 4.42 Å². The van der Waals surface area contributed by atoms with Crippen LogP contribution in [-0.2, 0) is 6.54 Å². The number of likely N-dealkylation sites (N-methyl/N-ethyl adjacent to an activating group) is 1. The molecule has 1 atom stereocenters. The van der Waals surface area contributed by atoms with E-state index in [1.54, 1.807) is 0 Å². The van der Waals surface area contributed by atoms with Gasteiger partial charge in [0.1, 0.15) is 6.26 Å². The highest BCUT2D eigenvalue weighted by atomic mass is 16.3. The molecule has 1 aromatic carbocycles. The second kappa shape index (κ2) is 7.53. The van der Waals surface area contributed by atoms with E-state index in [0.29, 0.717) is 11.3 Å². The Morgan fingerprint density at radius 3 is 2.58 bits per heavy atom. The fraction of sp³-hybridized carbons (Fsp3) is 0.591. The summed E-state index contributed by atoms with van der Waals surface area (Å²) < 4.78 is 5.36. The number of hydrogen-bond donors (Lipinski definition) is 0. The molecule has 0 radical (unpaired) electrons. The van der Waals surface area contributed by atoms with Crippen molar-refractivity contribution in [3.05, 3.63) is 53.7 Å². The van der Waals surface area contributed by atoms with E-state index in [2.05, 4.69) is 52.0 Å². The van der Waals surface area contributed by atoms with Crippen LogP contribution in [0.1, 0.15) is 49.3 Å². The molecule has 26 heavy (non-hydrogen) atoms. The van der Waals surface area contributed by atoms with Crippen LogP contribution >= 0.6 is 0 Å². The quantitative estimate of drug-likeness (QED) is 0.829. The third-order valence-corrected chi connectivity index (χ3v) is 6.40. The predicted molar refractivity (Wildman–Crippen MR) is 104 cm³/mol. The van der Waals surface area contributed by atoms with E-state index in [1.165, 1.54) is 51.0 Å². The van der Waals surface area contributed by atoms with Crippen LogP contribution in [0.5, 0.6) is 0 Å². The summed E-state index contributed by atoms with van der Waals surface area (Å²) in [5, 5.41) is 0. The minimum Gasteiger partial charge on any atom is -0.449 e. The highest BCUT2D eigenvalue weighted by Gasteiger charge is 2.41. The van der Waals surface area contributed by atoms with Crippen molar-refractivity contribution in [1.29, 1.82) is 0 Å². The van der Waals surface area contributed by atoms with Gasteiger partial charge in [0, 0.05) is 26.6 Å². The number of likely N-dealkylation sites (tertiary alicyclic amines) is 2. The summed E-state index contributed by atoms with van der Waals surface area (Å²) in [7, 11) is 0. The Bertz CT molecular complexity index is 703. The number of nitrogens with zero attached hydrogens (tertiary/aromatic N) is 3. The Hall–Kier alpha value is -1.65. The summed E-state index contributed by atoms with van der Waals surface area (Å²) in [6, 6.07) is 11.1. The van der Waals surface area contributed by atoms with Crippen molar-refractivity contribution in [3.8, 4) is 0 Å². The summed E-state index contributed by atoms with van der Waals surface area (Å²) >= 11 is 0. The molecule has 0 aliphatic carbocycles. The fourth-order valence-corrected chi connectivity index (χ4v) is 4.95. The zero-order valence-electron chi connectivity index (χ0n) is 16.2. The number of rotatable bonds is 4. The van der Waals surface area contributed by atoms with E-state index < -0.39 is 0 Å². The van der Waals surface area contributed by atoms with Crippen molar-refractivity contribution in [1.82, 2.24) is 14.8 Å². The maximum absolute atomic E-state index is 5.36. The van der Waals surface area contributed by atoms with Gasteiger partial charge in [0.05, 0.1) is 5.69 Å². The van der Waals surface area contributed by atoms with Crippen LogP contribution in [0.15, 0.2) is 41.0 Å². The Morgan fingerprint density at radius 1 is 1.15 bits per heavy atom. The van der Waals surface area contributed by atoms with Crippen molar-refractivity contribution in [3.63, 3.8) is 0 Å². The summed E-state index contributed by atoms with van der Waals surface area (Å²) in [6.07, 6.45) is 5.74. The topological polar surface area (TPSA) is 32.5 Å². The van der Waals surface area contributed by atoms with E-state index in [1.807, 2.05) is 13.2 Å². The van der Waals surface area contributed by atoms with Crippen LogP contribution in [0.2, 0.25) is 0 Å². The van der Waals surface area contributed by atoms with E-state index in [-0.39, 0.29) is 0 Å². The molecule has 0 amide bonds. The van der Waals surface area contributed by atoms with Crippen molar-refractivity contribution < 1.29 is 4.42 Å². The Labute approximate surface area is 157 Å². The van der Waals surface area contributed by atoms with Gasteiger partial charge in [-0.15, -0.1) is 0 Å². The summed E-state index contributed by atoms with van der Waals surface area (Å²) in [6.45, 7) is 11.1. The van der Waals surface area contributed by atoms with Gasteiger partial charge >= 0.3 is 0 Å². The lowest BCUT2D eigenvalue weighted by molar-refractivity contribution is 0.0135. The van der Waals surface area contributed by atoms with Gasteiger partial charge in [-0.1, -0.05) is 37.3 Å². The first kappa shape index (κ1) is 17.7. The Morgan fingerprint density at radius 2 is 1.92 bits per heavy atom. The van der Waals surface area contributed by atoms with Crippen LogP contribution in [0, 0.1) is 12.3 Å². The minimum atomic E-state index is 0.477. The summed E-state index contributed by atoms with van der Waals surface area (Å²) in [5.74, 6) is 1.44. The number of aryl methyl sites for hydroxylation is 1. The Balaban J connectivity index is 1.42. The fourth-order valence-electron chi connectivity index (χ4n) is 4.95. The molecule has 3 heterocycles. The SMILES string of the molecule is CCN1C[C@H](c2ccccc2)CC2(CCN(Cc3coc(C)n3)CC2)C1. The molecular weight excluding hydrogens is 322 g/mol. The second-order valence-corrected chi connectivity index (χ2v) is 8.27. The lowest BCUT2D eigenvalue weighted by Crippen LogP contribution is -2.51. The Kier molecular flexibility index (Phi) is 5.14. The van der Waals surface area contributed by atoms with Gasteiger partial charge < -0.3 is 9.32 Å². The molecule has 2 aliphatic rings. The highest BCUT2D eigenvalue weighted by molar-refractivity contribution is 5.21. The molecule has 2 saturated heterocycles. The van der Waals surface area contributed by atoms with Crippen LogP contribution < -0.4 is 0 Å². The first-order chi connectivity index (χ1) is 12.7. The maximum atomic E-state index is 5.36. The van der Waals surface area contributed by atoms with Gasteiger partial charge in [-0.2, -0.15) is 0 Å². The van der Waals surface area contributed by atoms with Gasteiger partial charge in [0.25, 0.3) is 0 Å². The van der Waals surface area contributed by atoms with Gasteiger partial charge in [-0.25, -0.2) is 4.98 Å². The second-order valence-electron chi connectivity index (χ2n) is 8.27. The molecule has 1 spiro atoms. The van der Waals surface area contributed by atoms with Crippen molar-refractivity contribution in [2.75, 3.05) is 32.7 Å². The minimum absolute atomic E-state index is 0.477. The van der Waals surface area contributed by atoms with Crippen LogP contribution in [0.25, 0.3) is 0 Å². The highest BCUT2D eigenvalue weighted by Crippen LogP contribution is 2.45.